The maximum absolute atomic E-state index is 13.5. The summed E-state index contributed by atoms with van der Waals surface area (Å²) in [5, 5.41) is 8.80. The second-order valence-corrected chi connectivity index (χ2v) is 3.26. The summed E-state index contributed by atoms with van der Waals surface area (Å²) >= 11 is 0. The molecule has 0 aliphatic carbocycles. The molecule has 0 atom stereocenters. The topological polar surface area (TPSA) is 54.4 Å². The van der Waals surface area contributed by atoms with E-state index in [2.05, 4.69) is 5.92 Å². The number of carboxylic acids is 1. The van der Waals surface area contributed by atoms with Crippen LogP contribution in [0.25, 0.3) is 6.08 Å². The van der Waals surface area contributed by atoms with Gasteiger partial charge in [0.05, 0.1) is 0 Å². The van der Waals surface area contributed by atoms with Gasteiger partial charge in [0.25, 0.3) is 0 Å². The Morgan fingerprint density at radius 1 is 1.47 bits per heavy atom. The first-order chi connectivity index (χ1) is 7.97. The van der Waals surface area contributed by atoms with Gasteiger partial charge in [-0.15, -0.1) is 6.42 Å². The van der Waals surface area contributed by atoms with Gasteiger partial charge in [-0.3, -0.25) is 4.79 Å². The van der Waals surface area contributed by atoms with Crippen LogP contribution in [-0.2, 0) is 9.59 Å². The Hall–Kier alpha value is -2.41. The summed E-state index contributed by atoms with van der Waals surface area (Å²) in [7, 11) is 0. The number of carbonyl (C=O) groups excluding carboxylic acids is 1. The normalized spacial score (nSPS) is 10.8. The molecule has 0 bridgehead atoms. The van der Waals surface area contributed by atoms with Crippen LogP contribution < -0.4 is 0 Å². The van der Waals surface area contributed by atoms with Gasteiger partial charge in [0.15, 0.2) is 5.78 Å². The van der Waals surface area contributed by atoms with Crippen molar-refractivity contribution in [3.8, 4) is 12.3 Å². The van der Waals surface area contributed by atoms with Gasteiger partial charge in [0.1, 0.15) is 11.4 Å². The van der Waals surface area contributed by atoms with Gasteiger partial charge in [0.2, 0.25) is 0 Å². The Morgan fingerprint density at radius 3 is 2.59 bits per heavy atom. The molecule has 0 unspecified atom stereocenters. The van der Waals surface area contributed by atoms with Crippen LogP contribution >= 0.6 is 0 Å². The Bertz CT molecular complexity index is 534. The molecule has 0 radical (unpaired) electrons. The van der Waals surface area contributed by atoms with E-state index in [1.54, 1.807) is 0 Å². The molecule has 0 saturated carbocycles. The van der Waals surface area contributed by atoms with Crippen molar-refractivity contribution in [3.05, 3.63) is 40.7 Å². The predicted molar refractivity (Wildman–Crippen MR) is 60.6 cm³/mol. The lowest BCUT2D eigenvalue weighted by atomic mass is 10.0. The minimum atomic E-state index is -1.41. The summed E-state index contributed by atoms with van der Waals surface area (Å²) in [6.45, 7) is 1.09. The Balaban J connectivity index is 3.45. The van der Waals surface area contributed by atoms with Crippen molar-refractivity contribution in [1.82, 2.24) is 0 Å². The number of hydrogen-bond acceptors (Lipinski definition) is 2. The summed E-state index contributed by atoms with van der Waals surface area (Å²) in [4.78, 5) is 21.9. The van der Waals surface area contributed by atoms with Crippen LogP contribution in [0.2, 0.25) is 0 Å². The van der Waals surface area contributed by atoms with E-state index in [1.165, 1.54) is 12.1 Å². The van der Waals surface area contributed by atoms with Crippen molar-refractivity contribution in [2.75, 3.05) is 0 Å². The number of carboxylic acid groups (broad SMARTS) is 1. The van der Waals surface area contributed by atoms with E-state index in [4.69, 9.17) is 11.5 Å². The number of ketones is 1. The summed E-state index contributed by atoms with van der Waals surface area (Å²) in [6, 6.07) is 4.02. The average Bonchev–Trinajstić information content (AvgIpc) is 2.25. The van der Waals surface area contributed by atoms with Crippen LogP contribution in [0.1, 0.15) is 18.1 Å². The van der Waals surface area contributed by atoms with Gasteiger partial charge in [-0.05, 0) is 25.1 Å². The fraction of sp³-hybridized carbons (Fsp3) is 0.0769. The zero-order valence-corrected chi connectivity index (χ0v) is 9.03. The van der Waals surface area contributed by atoms with Gasteiger partial charge < -0.3 is 5.11 Å². The van der Waals surface area contributed by atoms with Crippen LogP contribution in [0.15, 0.2) is 23.8 Å². The Labute approximate surface area is 97.6 Å². The molecule has 1 aromatic rings. The number of hydrogen-bond donors (Lipinski definition) is 1. The number of terminal acetylenes is 1. The molecule has 0 aliphatic heterocycles. The number of Topliss-reactive ketones (excluding diaryl/α,β-unsaturated/α-hetero) is 1. The first-order valence-corrected chi connectivity index (χ1v) is 4.68. The number of carbonyl (C=O) groups is 2. The molecule has 0 aliphatic rings. The van der Waals surface area contributed by atoms with Crippen molar-refractivity contribution in [1.29, 1.82) is 0 Å². The number of aliphatic carboxylic acids is 1. The molecule has 17 heavy (non-hydrogen) atoms. The third kappa shape index (κ3) is 2.79. The second-order valence-electron chi connectivity index (χ2n) is 3.26. The largest absolute Gasteiger partial charge is 0.478 e. The number of halogens is 1. The van der Waals surface area contributed by atoms with Gasteiger partial charge in [-0.25, -0.2) is 9.18 Å². The predicted octanol–water partition coefficient (Wildman–Crippen LogP) is 1.86. The zero-order chi connectivity index (χ0) is 13.0. The highest BCUT2D eigenvalue weighted by molar-refractivity contribution is 6.19. The third-order valence-corrected chi connectivity index (χ3v) is 2.11. The molecule has 1 aromatic carbocycles. The quantitative estimate of drug-likeness (QED) is 0.374. The molecule has 0 fully saturated rings. The van der Waals surface area contributed by atoms with Crippen molar-refractivity contribution in [2.45, 2.75) is 6.92 Å². The first-order valence-electron chi connectivity index (χ1n) is 4.68. The van der Waals surface area contributed by atoms with E-state index < -0.39 is 23.1 Å². The average molecular weight is 232 g/mol. The summed E-state index contributed by atoms with van der Waals surface area (Å²) in [5.41, 5.74) is -0.376. The zero-order valence-electron chi connectivity index (χ0n) is 9.03. The van der Waals surface area contributed by atoms with Gasteiger partial charge in [0, 0.05) is 11.1 Å². The summed E-state index contributed by atoms with van der Waals surface area (Å²) in [5.74, 6) is -0.512. The van der Waals surface area contributed by atoms with Gasteiger partial charge in [-0.1, -0.05) is 12.0 Å². The van der Waals surface area contributed by atoms with Crippen LogP contribution in [0.4, 0.5) is 4.39 Å². The molecule has 0 aromatic heterocycles. The van der Waals surface area contributed by atoms with E-state index in [9.17, 15) is 14.0 Å². The lowest BCUT2D eigenvalue weighted by Crippen LogP contribution is -2.09. The second kappa shape index (κ2) is 5.08. The standard InChI is InChI=1S/C13H9FO3/c1-3-9-5-4-6-12(14)11(9)7-10(8(2)15)13(16)17/h1,4-7H,2H3,(H,16,17). The highest BCUT2D eigenvalue weighted by atomic mass is 19.1. The molecule has 86 valence electrons. The fourth-order valence-electron chi connectivity index (χ4n) is 1.27. The molecule has 0 spiro atoms. The Morgan fingerprint density at radius 2 is 2.12 bits per heavy atom. The van der Waals surface area contributed by atoms with Crippen molar-refractivity contribution in [2.24, 2.45) is 0 Å². The molecular weight excluding hydrogens is 223 g/mol. The first kappa shape index (κ1) is 12.7. The van der Waals surface area contributed by atoms with Crippen LogP contribution in [-0.4, -0.2) is 16.9 Å². The molecule has 0 heterocycles. The minimum Gasteiger partial charge on any atom is -0.478 e. The number of rotatable bonds is 3. The minimum absolute atomic E-state index is 0.0670. The highest BCUT2D eigenvalue weighted by Crippen LogP contribution is 2.17. The van der Waals surface area contributed by atoms with Crippen molar-refractivity contribution >= 4 is 17.8 Å². The van der Waals surface area contributed by atoms with Crippen molar-refractivity contribution in [3.63, 3.8) is 0 Å². The summed E-state index contributed by atoms with van der Waals surface area (Å²) < 4.78 is 13.5. The molecular formula is C13H9FO3. The maximum atomic E-state index is 13.5. The highest BCUT2D eigenvalue weighted by Gasteiger charge is 2.15. The lowest BCUT2D eigenvalue weighted by molar-refractivity contribution is -0.134. The molecule has 3 nitrogen and oxygen atoms in total. The van der Waals surface area contributed by atoms with E-state index in [1.807, 2.05) is 0 Å². The van der Waals surface area contributed by atoms with Crippen LogP contribution in [0, 0.1) is 18.2 Å². The third-order valence-electron chi connectivity index (χ3n) is 2.11. The number of benzene rings is 1. The summed E-state index contributed by atoms with van der Waals surface area (Å²) in [6.07, 6.45) is 6.12. The SMILES string of the molecule is C#Cc1cccc(F)c1C=C(C(C)=O)C(=O)O. The molecule has 4 heteroatoms. The Kier molecular flexibility index (Phi) is 3.78. The molecule has 1 N–H and O–H groups in total. The molecule has 0 amide bonds. The van der Waals surface area contributed by atoms with Gasteiger partial charge in [-0.2, -0.15) is 0 Å². The van der Waals surface area contributed by atoms with E-state index in [0.29, 0.717) is 0 Å². The van der Waals surface area contributed by atoms with E-state index >= 15 is 0 Å². The smallest absolute Gasteiger partial charge is 0.339 e. The van der Waals surface area contributed by atoms with E-state index in [-0.39, 0.29) is 11.1 Å². The maximum Gasteiger partial charge on any atom is 0.339 e. The van der Waals surface area contributed by atoms with Crippen LogP contribution in [0.3, 0.4) is 0 Å². The lowest BCUT2D eigenvalue weighted by Gasteiger charge is -2.02. The molecule has 1 rings (SSSR count). The fourth-order valence-corrected chi connectivity index (χ4v) is 1.27. The van der Waals surface area contributed by atoms with Gasteiger partial charge >= 0.3 is 5.97 Å². The monoisotopic (exact) mass is 232 g/mol. The van der Waals surface area contributed by atoms with Crippen molar-refractivity contribution < 1.29 is 19.1 Å². The van der Waals surface area contributed by atoms with Crippen LogP contribution in [0.5, 0.6) is 0 Å². The van der Waals surface area contributed by atoms with E-state index in [0.717, 1.165) is 19.1 Å². The molecule has 0 saturated heterocycles.